The summed E-state index contributed by atoms with van der Waals surface area (Å²) in [6, 6.07) is 4.78. The number of carboxylic acids is 1. The minimum atomic E-state index is -0.811. The number of carbonyl (C=O) groups is 3. The van der Waals surface area contributed by atoms with Crippen molar-refractivity contribution in [3.05, 3.63) is 28.8 Å². The summed E-state index contributed by atoms with van der Waals surface area (Å²) in [7, 11) is 1.47. The average molecular weight is 356 g/mol. The van der Waals surface area contributed by atoms with E-state index in [-0.39, 0.29) is 31.0 Å². The third-order valence-corrected chi connectivity index (χ3v) is 3.67. The number of rotatable bonds is 11. The fourth-order valence-electron chi connectivity index (χ4n) is 2.15. The number of aliphatic carboxylic acids is 1. The van der Waals surface area contributed by atoms with Gasteiger partial charge in [-0.3, -0.25) is 14.4 Å². The molecule has 2 N–H and O–H groups in total. The van der Waals surface area contributed by atoms with Crippen LogP contribution in [0.25, 0.3) is 0 Å². The van der Waals surface area contributed by atoms with E-state index in [9.17, 15) is 14.4 Å². The molecule has 1 amide bonds. The summed E-state index contributed by atoms with van der Waals surface area (Å²) < 4.78 is 5.13. The number of hydrogen-bond donors (Lipinski definition) is 2. The Balaban J connectivity index is 2.30. The van der Waals surface area contributed by atoms with Crippen LogP contribution in [0.5, 0.6) is 5.75 Å². The summed E-state index contributed by atoms with van der Waals surface area (Å²) in [5, 5.41) is 11.7. The van der Waals surface area contributed by atoms with Crippen LogP contribution >= 0.6 is 11.6 Å². The molecule has 0 fully saturated rings. The lowest BCUT2D eigenvalue weighted by molar-refractivity contribution is -0.137. The van der Waals surface area contributed by atoms with Gasteiger partial charge in [0.05, 0.1) is 12.7 Å². The maximum atomic E-state index is 12.2. The predicted molar refractivity (Wildman–Crippen MR) is 90.7 cm³/mol. The second kappa shape index (κ2) is 10.6. The molecule has 0 spiro atoms. The lowest BCUT2D eigenvalue weighted by Crippen LogP contribution is -2.24. The van der Waals surface area contributed by atoms with E-state index in [2.05, 4.69) is 5.32 Å². The van der Waals surface area contributed by atoms with Gasteiger partial charge in [0.1, 0.15) is 5.75 Å². The van der Waals surface area contributed by atoms with Gasteiger partial charge in [0, 0.05) is 30.8 Å². The van der Waals surface area contributed by atoms with E-state index in [1.165, 1.54) is 13.2 Å². The number of Topliss-reactive ketones (excluding diaryl/α,β-unsaturated/α-hetero) is 1. The Morgan fingerprint density at radius 1 is 1.12 bits per heavy atom. The van der Waals surface area contributed by atoms with Crippen LogP contribution in [0.15, 0.2) is 18.2 Å². The van der Waals surface area contributed by atoms with Gasteiger partial charge in [0.25, 0.3) is 0 Å². The summed E-state index contributed by atoms with van der Waals surface area (Å²) in [5.74, 6) is -0.786. The first-order chi connectivity index (χ1) is 11.4. The molecule has 0 aliphatic heterocycles. The first kappa shape index (κ1) is 20.0. The molecule has 0 aromatic heterocycles. The van der Waals surface area contributed by atoms with Crippen molar-refractivity contribution in [1.29, 1.82) is 0 Å². The van der Waals surface area contributed by atoms with E-state index in [1.807, 2.05) is 0 Å². The molecule has 0 radical (unpaired) electrons. The summed E-state index contributed by atoms with van der Waals surface area (Å²) >= 11 is 5.89. The van der Waals surface area contributed by atoms with Gasteiger partial charge in [0.2, 0.25) is 5.91 Å². The molecule has 7 heteroatoms. The Kier molecular flexibility index (Phi) is 8.86. The quantitative estimate of drug-likeness (QED) is 0.470. The van der Waals surface area contributed by atoms with Crippen molar-refractivity contribution >= 4 is 29.3 Å². The molecule has 0 bridgehead atoms. The zero-order valence-electron chi connectivity index (χ0n) is 13.6. The van der Waals surface area contributed by atoms with Gasteiger partial charge >= 0.3 is 5.97 Å². The molecule has 0 saturated carbocycles. The van der Waals surface area contributed by atoms with Crippen LogP contribution in [-0.4, -0.2) is 36.4 Å². The van der Waals surface area contributed by atoms with Gasteiger partial charge in [-0.05, 0) is 31.0 Å². The van der Waals surface area contributed by atoms with E-state index in [0.717, 1.165) is 12.8 Å². The van der Waals surface area contributed by atoms with E-state index in [4.69, 9.17) is 21.4 Å². The molecule has 0 aliphatic carbocycles. The van der Waals surface area contributed by atoms with Crippen molar-refractivity contribution in [2.24, 2.45) is 0 Å². The standard InChI is InChI=1S/C17H22ClNO5/c1-24-15-8-6-12(18)11-13(15)14(20)7-9-16(21)19-10-4-2-3-5-17(22)23/h6,8,11H,2-5,7,9-10H2,1H3,(H,19,21)(H,22,23). The van der Waals surface area contributed by atoms with Gasteiger partial charge in [-0.25, -0.2) is 0 Å². The first-order valence-electron chi connectivity index (χ1n) is 7.79. The largest absolute Gasteiger partial charge is 0.496 e. The highest BCUT2D eigenvalue weighted by Crippen LogP contribution is 2.24. The van der Waals surface area contributed by atoms with Crippen LogP contribution in [0.4, 0.5) is 0 Å². The average Bonchev–Trinajstić information content (AvgIpc) is 2.55. The Bertz CT molecular complexity index is 588. The van der Waals surface area contributed by atoms with E-state index >= 15 is 0 Å². The topological polar surface area (TPSA) is 92.7 Å². The number of unbranched alkanes of at least 4 members (excludes halogenated alkanes) is 2. The predicted octanol–water partition coefficient (Wildman–Crippen LogP) is 3.07. The fourth-order valence-corrected chi connectivity index (χ4v) is 2.33. The number of halogens is 1. The zero-order chi connectivity index (χ0) is 17.9. The maximum Gasteiger partial charge on any atom is 0.303 e. The molecule has 6 nitrogen and oxygen atoms in total. The summed E-state index contributed by atoms with van der Waals surface area (Å²) in [6.07, 6.45) is 2.35. The molecule has 0 unspecified atom stereocenters. The molecule has 1 aromatic carbocycles. The lowest BCUT2D eigenvalue weighted by atomic mass is 10.1. The molecule has 0 atom stereocenters. The van der Waals surface area contributed by atoms with E-state index < -0.39 is 5.97 Å². The number of hydrogen-bond acceptors (Lipinski definition) is 4. The smallest absolute Gasteiger partial charge is 0.303 e. The number of carboxylic acid groups (broad SMARTS) is 1. The molecule has 0 aliphatic rings. The second-order valence-electron chi connectivity index (χ2n) is 5.32. The molecular formula is C17H22ClNO5. The van der Waals surface area contributed by atoms with Crippen molar-refractivity contribution in [1.82, 2.24) is 5.32 Å². The number of ether oxygens (including phenoxy) is 1. The SMILES string of the molecule is COc1ccc(Cl)cc1C(=O)CCC(=O)NCCCCCC(=O)O. The monoisotopic (exact) mass is 355 g/mol. The number of amides is 1. The van der Waals surface area contributed by atoms with Gasteiger partial charge in [-0.1, -0.05) is 18.0 Å². The second-order valence-corrected chi connectivity index (χ2v) is 5.76. The van der Waals surface area contributed by atoms with Crippen LogP contribution in [0.2, 0.25) is 5.02 Å². The molecular weight excluding hydrogens is 334 g/mol. The first-order valence-corrected chi connectivity index (χ1v) is 8.17. The highest BCUT2D eigenvalue weighted by molar-refractivity contribution is 6.31. The highest BCUT2D eigenvalue weighted by atomic mass is 35.5. The van der Waals surface area contributed by atoms with E-state index in [1.54, 1.807) is 12.1 Å². The fraction of sp³-hybridized carbons (Fsp3) is 0.471. The molecule has 0 heterocycles. The van der Waals surface area contributed by atoms with Crippen molar-refractivity contribution in [3.8, 4) is 5.75 Å². The Morgan fingerprint density at radius 3 is 2.54 bits per heavy atom. The summed E-state index contributed by atoms with van der Waals surface area (Å²) in [5.41, 5.74) is 0.367. The normalized spacial score (nSPS) is 10.2. The molecule has 132 valence electrons. The zero-order valence-corrected chi connectivity index (χ0v) is 14.4. The molecule has 0 saturated heterocycles. The minimum Gasteiger partial charge on any atom is -0.496 e. The van der Waals surface area contributed by atoms with E-state index in [0.29, 0.717) is 29.3 Å². The van der Waals surface area contributed by atoms with Crippen molar-refractivity contribution in [2.45, 2.75) is 38.5 Å². The van der Waals surface area contributed by atoms with Crippen molar-refractivity contribution < 1.29 is 24.2 Å². The number of carbonyl (C=O) groups excluding carboxylic acids is 2. The summed E-state index contributed by atoms with van der Waals surface area (Å²) in [6.45, 7) is 0.479. The summed E-state index contributed by atoms with van der Waals surface area (Å²) in [4.78, 5) is 34.3. The van der Waals surface area contributed by atoms with Gasteiger partial charge in [0.15, 0.2) is 5.78 Å². The van der Waals surface area contributed by atoms with Crippen LogP contribution in [0, 0.1) is 0 Å². The van der Waals surface area contributed by atoms with Crippen molar-refractivity contribution in [2.75, 3.05) is 13.7 Å². The molecule has 1 aromatic rings. The van der Waals surface area contributed by atoms with Gasteiger partial charge in [-0.2, -0.15) is 0 Å². The van der Waals surface area contributed by atoms with Crippen LogP contribution in [-0.2, 0) is 9.59 Å². The number of benzene rings is 1. The minimum absolute atomic E-state index is 0.0710. The third-order valence-electron chi connectivity index (χ3n) is 3.43. The highest BCUT2D eigenvalue weighted by Gasteiger charge is 2.14. The maximum absolute atomic E-state index is 12.2. The molecule has 1 rings (SSSR count). The Labute approximate surface area is 146 Å². The van der Waals surface area contributed by atoms with Crippen LogP contribution < -0.4 is 10.1 Å². The third kappa shape index (κ3) is 7.46. The number of ketones is 1. The number of nitrogens with one attached hydrogen (secondary N) is 1. The van der Waals surface area contributed by atoms with Crippen molar-refractivity contribution in [3.63, 3.8) is 0 Å². The van der Waals surface area contributed by atoms with Gasteiger partial charge in [-0.15, -0.1) is 0 Å². The van der Waals surface area contributed by atoms with Crippen LogP contribution in [0.1, 0.15) is 48.9 Å². The van der Waals surface area contributed by atoms with Crippen LogP contribution in [0.3, 0.4) is 0 Å². The Hall–Kier alpha value is -2.08. The Morgan fingerprint density at radius 2 is 1.88 bits per heavy atom. The lowest BCUT2D eigenvalue weighted by Gasteiger charge is -2.08. The molecule has 24 heavy (non-hydrogen) atoms. The number of methoxy groups -OCH3 is 1. The van der Waals surface area contributed by atoms with Gasteiger partial charge < -0.3 is 15.2 Å².